The topological polar surface area (TPSA) is 96.5 Å². The third-order valence-electron chi connectivity index (χ3n) is 5.54. The van der Waals surface area contributed by atoms with Gasteiger partial charge in [-0.1, -0.05) is 39.0 Å². The number of carbonyl (C=O) groups is 1. The number of rotatable bonds is 12. The van der Waals surface area contributed by atoms with E-state index in [1.165, 1.54) is 25.3 Å². The molecule has 0 saturated carbocycles. The summed E-state index contributed by atoms with van der Waals surface area (Å²) in [5.74, 6) is -0.0471. The predicted octanol–water partition coefficient (Wildman–Crippen LogP) is 6.57. The summed E-state index contributed by atoms with van der Waals surface area (Å²) >= 11 is 0. The smallest absolute Gasteiger partial charge is 0.419 e. The second-order valence-electron chi connectivity index (χ2n) is 10.1. The number of carbonyl (C=O) groups excluding carboxylic acids is 1. The maximum absolute atomic E-state index is 13.8. The lowest BCUT2D eigenvalue weighted by Gasteiger charge is -2.28. The van der Waals surface area contributed by atoms with E-state index in [-0.39, 0.29) is 23.7 Å². The van der Waals surface area contributed by atoms with Gasteiger partial charge in [0, 0.05) is 5.56 Å². The Morgan fingerprint density at radius 2 is 1.75 bits per heavy atom. The highest BCUT2D eigenvalue weighted by atomic mass is 19.4. The molecule has 0 aliphatic carbocycles. The van der Waals surface area contributed by atoms with Crippen LogP contribution in [-0.2, 0) is 16.5 Å². The average molecular weight is 514 g/mol. The molecule has 0 bridgehead atoms. The van der Waals surface area contributed by atoms with Gasteiger partial charge in [0.1, 0.15) is 22.7 Å². The van der Waals surface area contributed by atoms with Crippen molar-refractivity contribution < 1.29 is 32.5 Å². The largest absolute Gasteiger partial charge is 0.493 e. The van der Waals surface area contributed by atoms with E-state index in [1.54, 1.807) is 20.8 Å². The van der Waals surface area contributed by atoms with E-state index in [9.17, 15) is 23.1 Å². The van der Waals surface area contributed by atoms with Crippen LogP contribution in [0.1, 0.15) is 84.5 Å². The molecule has 2 rings (SSSR count). The third-order valence-corrected chi connectivity index (χ3v) is 5.54. The first-order valence-electron chi connectivity index (χ1n) is 12.3. The molecule has 202 valence electrons. The highest BCUT2D eigenvalue weighted by Gasteiger charge is 2.36. The average Bonchev–Trinajstić information content (AvgIpc) is 3.27. The van der Waals surface area contributed by atoms with Crippen molar-refractivity contribution in [2.75, 3.05) is 13.2 Å². The highest BCUT2D eigenvalue weighted by molar-refractivity contribution is 5.69. The van der Waals surface area contributed by atoms with Gasteiger partial charge in [-0.3, -0.25) is 0 Å². The van der Waals surface area contributed by atoms with E-state index in [4.69, 9.17) is 9.47 Å². The van der Waals surface area contributed by atoms with Crippen molar-refractivity contribution in [2.24, 2.45) is 0 Å². The maximum Gasteiger partial charge on any atom is 0.419 e. The summed E-state index contributed by atoms with van der Waals surface area (Å²) in [5.41, 5.74) is -2.43. The van der Waals surface area contributed by atoms with Crippen LogP contribution in [0, 0.1) is 0 Å². The first kappa shape index (κ1) is 29.5. The number of aliphatic hydroxyl groups excluding tert-OH is 1. The van der Waals surface area contributed by atoms with Crippen molar-refractivity contribution >= 4 is 6.09 Å². The summed E-state index contributed by atoms with van der Waals surface area (Å²) in [4.78, 5) is 19.3. The zero-order valence-corrected chi connectivity index (χ0v) is 21.7. The molecule has 1 aromatic heterocycles. The molecule has 0 aliphatic rings. The van der Waals surface area contributed by atoms with Gasteiger partial charge in [0.05, 0.1) is 30.7 Å². The number of benzene rings is 1. The van der Waals surface area contributed by atoms with Crippen LogP contribution in [0.3, 0.4) is 0 Å². The van der Waals surface area contributed by atoms with Gasteiger partial charge in [-0.15, -0.1) is 0 Å². The lowest BCUT2D eigenvalue weighted by molar-refractivity contribution is -0.138. The summed E-state index contributed by atoms with van der Waals surface area (Å²) < 4.78 is 52.1. The Kier molecular flexibility index (Phi) is 10.2. The molecule has 0 spiro atoms. The minimum atomic E-state index is -4.60. The Morgan fingerprint density at radius 3 is 2.36 bits per heavy atom. The van der Waals surface area contributed by atoms with Crippen molar-refractivity contribution in [3.63, 3.8) is 0 Å². The van der Waals surface area contributed by atoms with Crippen molar-refractivity contribution in [2.45, 2.75) is 90.5 Å². The molecule has 1 heterocycles. The molecular formula is C26H38F3N3O4. The van der Waals surface area contributed by atoms with Crippen LogP contribution in [0.25, 0.3) is 11.3 Å². The molecule has 0 fully saturated rings. The van der Waals surface area contributed by atoms with Gasteiger partial charge in [0.15, 0.2) is 0 Å². The van der Waals surface area contributed by atoms with E-state index >= 15 is 0 Å². The van der Waals surface area contributed by atoms with Gasteiger partial charge in [0.2, 0.25) is 0 Å². The number of hydrogen-bond acceptors (Lipinski definition) is 5. The van der Waals surface area contributed by atoms with E-state index in [2.05, 4.69) is 22.2 Å². The van der Waals surface area contributed by atoms with Crippen molar-refractivity contribution in [1.29, 1.82) is 0 Å². The molecule has 2 aromatic rings. The summed E-state index contributed by atoms with van der Waals surface area (Å²) in [5, 5.41) is 12.5. The molecule has 36 heavy (non-hydrogen) atoms. The number of alkyl carbamates (subject to hydrolysis) is 1. The number of alkyl halides is 3. The van der Waals surface area contributed by atoms with E-state index in [0.717, 1.165) is 38.2 Å². The Balaban J connectivity index is 2.18. The van der Waals surface area contributed by atoms with E-state index < -0.39 is 35.6 Å². The molecule has 0 aliphatic heterocycles. The number of imidazole rings is 1. The second-order valence-corrected chi connectivity index (χ2v) is 10.1. The Morgan fingerprint density at radius 1 is 1.08 bits per heavy atom. The fourth-order valence-electron chi connectivity index (χ4n) is 3.56. The molecule has 1 amide bonds. The van der Waals surface area contributed by atoms with Gasteiger partial charge in [-0.05, 0) is 52.3 Å². The molecule has 1 atom stereocenters. The van der Waals surface area contributed by atoms with Crippen molar-refractivity contribution in [3.8, 4) is 17.0 Å². The number of nitrogens with one attached hydrogen (secondary N) is 2. The molecule has 10 heteroatoms. The lowest BCUT2D eigenvalue weighted by atomic mass is 10.0. The van der Waals surface area contributed by atoms with Crippen molar-refractivity contribution in [3.05, 3.63) is 35.8 Å². The third kappa shape index (κ3) is 8.72. The standard InChI is InChI=1S/C26H38F3N3O4/c1-6-7-8-9-10-11-14-35-21-13-12-18(15-19(21)26(27,28)29)20-16-30-22(31-20)25(5,17-33)32-23(34)36-24(2,3)4/h12-13,15-16,33H,6-11,14,17H2,1-5H3,(H,30,31)(H,32,34)/t25-/m0/s1. The minimum absolute atomic E-state index is 0.169. The predicted molar refractivity (Wildman–Crippen MR) is 132 cm³/mol. The van der Waals surface area contributed by atoms with Crippen LogP contribution < -0.4 is 10.1 Å². The quantitative estimate of drug-likeness (QED) is 0.279. The van der Waals surface area contributed by atoms with Crippen LogP contribution in [0.5, 0.6) is 5.75 Å². The number of aromatic amines is 1. The number of aliphatic hydroxyl groups is 1. The van der Waals surface area contributed by atoms with Gasteiger partial charge in [-0.25, -0.2) is 9.78 Å². The van der Waals surface area contributed by atoms with Crippen LogP contribution in [0.2, 0.25) is 0 Å². The Hall–Kier alpha value is -2.75. The maximum atomic E-state index is 13.8. The first-order chi connectivity index (χ1) is 16.8. The fourth-order valence-corrected chi connectivity index (χ4v) is 3.56. The van der Waals surface area contributed by atoms with E-state index in [0.29, 0.717) is 12.1 Å². The summed E-state index contributed by atoms with van der Waals surface area (Å²) in [6.45, 7) is 8.46. The highest BCUT2D eigenvalue weighted by Crippen LogP contribution is 2.39. The molecule has 0 saturated heterocycles. The zero-order chi connectivity index (χ0) is 27.0. The number of H-pyrrole nitrogens is 1. The molecule has 3 N–H and O–H groups in total. The number of amides is 1. The van der Waals surface area contributed by atoms with Crippen LogP contribution in [0.4, 0.5) is 18.0 Å². The van der Waals surface area contributed by atoms with Crippen LogP contribution in [0.15, 0.2) is 24.4 Å². The van der Waals surface area contributed by atoms with E-state index in [1.807, 2.05) is 0 Å². The second kappa shape index (κ2) is 12.5. The molecule has 0 radical (unpaired) electrons. The van der Waals surface area contributed by atoms with Crippen LogP contribution >= 0.6 is 0 Å². The SMILES string of the molecule is CCCCCCCCOc1ccc(-c2cnc([C@](C)(CO)NC(=O)OC(C)(C)C)[nH]2)cc1C(F)(F)F. The zero-order valence-electron chi connectivity index (χ0n) is 21.7. The normalized spacial score (nSPS) is 13.8. The lowest BCUT2D eigenvalue weighted by Crippen LogP contribution is -2.48. The number of nitrogens with zero attached hydrogens (tertiary/aromatic N) is 1. The van der Waals surface area contributed by atoms with Gasteiger partial charge in [-0.2, -0.15) is 13.2 Å². The molecule has 0 unspecified atom stereocenters. The number of halogens is 3. The Labute approximate surface area is 210 Å². The van der Waals surface area contributed by atoms with Gasteiger partial charge < -0.3 is 24.9 Å². The molecule has 1 aromatic carbocycles. The number of ether oxygens (including phenoxy) is 2. The van der Waals surface area contributed by atoms with Gasteiger partial charge >= 0.3 is 12.3 Å². The monoisotopic (exact) mass is 513 g/mol. The van der Waals surface area contributed by atoms with Gasteiger partial charge in [0.25, 0.3) is 0 Å². The summed E-state index contributed by atoms with van der Waals surface area (Å²) in [7, 11) is 0. The molecule has 7 nitrogen and oxygen atoms in total. The molecular weight excluding hydrogens is 475 g/mol. The Bertz CT molecular complexity index is 986. The summed E-state index contributed by atoms with van der Waals surface area (Å²) in [6, 6.07) is 3.83. The fraction of sp³-hybridized carbons (Fsp3) is 0.615. The number of hydrogen-bond donors (Lipinski definition) is 3. The number of aromatic nitrogens is 2. The summed E-state index contributed by atoms with van der Waals surface area (Å²) in [6.07, 6.45) is 2.05. The minimum Gasteiger partial charge on any atom is -0.493 e. The number of unbranched alkanes of at least 4 members (excludes halogenated alkanes) is 5. The van der Waals surface area contributed by atoms with Crippen molar-refractivity contribution in [1.82, 2.24) is 15.3 Å². The first-order valence-corrected chi connectivity index (χ1v) is 12.3. The van der Waals surface area contributed by atoms with Crippen LogP contribution in [-0.4, -0.2) is 40.0 Å².